The Hall–Kier alpha value is -0.750. The Labute approximate surface area is 274 Å². The Morgan fingerprint density at radius 1 is 0.568 bits per heavy atom. The number of unbranched alkanes of at least 4 members (excludes halogenated alkanes) is 23. The van der Waals surface area contributed by atoms with Crippen LogP contribution >= 0.6 is 0 Å². The predicted octanol–water partition coefficient (Wildman–Crippen LogP) is 10.1. The zero-order valence-corrected chi connectivity index (χ0v) is 29.6. The summed E-state index contributed by atoms with van der Waals surface area (Å²) < 4.78 is 0. The zero-order chi connectivity index (χ0) is 32.4. The summed E-state index contributed by atoms with van der Waals surface area (Å²) in [6, 6.07) is -0.460. The van der Waals surface area contributed by atoms with E-state index in [2.05, 4.69) is 31.3 Å². The van der Waals surface area contributed by atoms with Crippen LogP contribution in [0, 0.1) is 0 Å². The predicted molar refractivity (Wildman–Crippen MR) is 190 cm³/mol. The highest BCUT2D eigenvalue weighted by Crippen LogP contribution is 2.16. The van der Waals surface area contributed by atoms with Crippen molar-refractivity contribution in [3.8, 4) is 0 Å². The summed E-state index contributed by atoms with van der Waals surface area (Å²) in [5, 5.41) is 33.8. The highest BCUT2D eigenvalue weighted by atomic mass is 16.3. The molecule has 0 aromatic carbocycles. The van der Waals surface area contributed by atoms with Gasteiger partial charge in [-0.3, -0.25) is 4.79 Å². The maximum Gasteiger partial charge on any atom is 0.146 e. The molecule has 262 valence electrons. The van der Waals surface area contributed by atoms with Crippen LogP contribution in [0.15, 0.2) is 12.2 Å². The molecule has 0 aromatic heterocycles. The maximum absolute atomic E-state index is 12.4. The number of nitrogens with one attached hydrogen (secondary N) is 1. The average Bonchev–Trinajstić information content (AvgIpc) is 3.02. The quantitative estimate of drug-likeness (QED) is 0.0412. The molecule has 0 heterocycles. The van der Waals surface area contributed by atoms with Gasteiger partial charge >= 0.3 is 0 Å². The van der Waals surface area contributed by atoms with Gasteiger partial charge in [-0.05, 0) is 44.9 Å². The lowest BCUT2D eigenvalue weighted by Crippen LogP contribution is -2.48. The van der Waals surface area contributed by atoms with Gasteiger partial charge in [0.25, 0.3) is 0 Å². The molecular weight excluding hydrogens is 546 g/mol. The van der Waals surface area contributed by atoms with Crippen molar-refractivity contribution in [2.45, 2.75) is 218 Å². The number of rotatable bonds is 36. The molecule has 0 radical (unpaired) electrons. The molecule has 0 saturated heterocycles. The molecule has 0 aliphatic rings. The number of ketones is 1. The van der Waals surface area contributed by atoms with Crippen LogP contribution in [0.2, 0.25) is 0 Å². The molecule has 0 rings (SSSR count). The van der Waals surface area contributed by atoms with Crippen LogP contribution in [0.4, 0.5) is 0 Å². The first-order valence-corrected chi connectivity index (χ1v) is 19.4. The van der Waals surface area contributed by atoms with E-state index in [1.54, 1.807) is 0 Å². The van der Waals surface area contributed by atoms with Crippen LogP contribution in [-0.2, 0) is 4.79 Å². The molecule has 0 saturated carbocycles. The molecule has 0 aliphatic carbocycles. The van der Waals surface area contributed by atoms with Gasteiger partial charge in [-0.1, -0.05) is 161 Å². The molecule has 0 aliphatic heterocycles. The van der Waals surface area contributed by atoms with E-state index >= 15 is 0 Å². The number of Topliss-reactive ketones (excluding diaryl/α,β-unsaturated/α-hetero) is 1. The molecule has 44 heavy (non-hydrogen) atoms. The third-order valence-electron chi connectivity index (χ3n) is 9.13. The maximum atomic E-state index is 12.4. The van der Waals surface area contributed by atoms with Crippen LogP contribution in [-0.4, -0.2) is 52.5 Å². The summed E-state index contributed by atoms with van der Waals surface area (Å²) in [6.45, 7) is 4.63. The fraction of sp³-hybridized carbons (Fsp3) is 0.923. The van der Waals surface area contributed by atoms with Crippen LogP contribution in [0.25, 0.3) is 0 Å². The van der Waals surface area contributed by atoms with Gasteiger partial charge in [-0.25, -0.2) is 0 Å². The van der Waals surface area contributed by atoms with Crippen molar-refractivity contribution in [1.82, 2.24) is 5.32 Å². The molecule has 3 atom stereocenters. The number of aliphatic hydroxyl groups is 3. The first kappa shape index (κ1) is 43.2. The average molecular weight is 624 g/mol. The van der Waals surface area contributed by atoms with Crippen molar-refractivity contribution in [2.75, 3.05) is 13.2 Å². The van der Waals surface area contributed by atoms with Gasteiger partial charge in [0.05, 0.1) is 18.8 Å². The van der Waals surface area contributed by atoms with Gasteiger partial charge in [0.15, 0.2) is 0 Å². The molecular formula is C39H77NO4. The fourth-order valence-corrected chi connectivity index (χ4v) is 6.07. The number of hydrogen-bond acceptors (Lipinski definition) is 5. The molecule has 0 spiro atoms. The molecule has 5 heteroatoms. The van der Waals surface area contributed by atoms with E-state index in [-0.39, 0.29) is 18.9 Å². The van der Waals surface area contributed by atoms with Crippen molar-refractivity contribution in [2.24, 2.45) is 0 Å². The summed E-state index contributed by atoms with van der Waals surface area (Å²) in [4.78, 5) is 12.4. The van der Waals surface area contributed by atoms with E-state index in [0.29, 0.717) is 19.3 Å². The second-order valence-electron chi connectivity index (χ2n) is 13.5. The second-order valence-corrected chi connectivity index (χ2v) is 13.5. The Bertz CT molecular complexity index is 611. The van der Waals surface area contributed by atoms with Crippen LogP contribution < -0.4 is 5.32 Å². The van der Waals surface area contributed by atoms with E-state index in [0.717, 1.165) is 25.7 Å². The lowest BCUT2D eigenvalue weighted by Gasteiger charge is -2.27. The lowest BCUT2D eigenvalue weighted by molar-refractivity contribution is -0.118. The topological polar surface area (TPSA) is 89.8 Å². The van der Waals surface area contributed by atoms with Crippen molar-refractivity contribution < 1.29 is 20.1 Å². The summed E-state index contributed by atoms with van der Waals surface area (Å²) in [6.07, 6.45) is 37.1. The summed E-state index contributed by atoms with van der Waals surface area (Å²) in [7, 11) is 0. The van der Waals surface area contributed by atoms with E-state index in [9.17, 15) is 20.1 Å². The minimum absolute atomic E-state index is 0.0788. The van der Waals surface area contributed by atoms with Gasteiger partial charge in [-0.15, -0.1) is 0 Å². The van der Waals surface area contributed by atoms with Gasteiger partial charge in [0.1, 0.15) is 5.78 Å². The van der Waals surface area contributed by atoms with Crippen molar-refractivity contribution in [1.29, 1.82) is 0 Å². The third kappa shape index (κ3) is 29.9. The molecule has 0 aromatic rings. The minimum Gasteiger partial charge on any atom is -0.396 e. The highest BCUT2D eigenvalue weighted by molar-refractivity contribution is 5.80. The molecule has 0 fully saturated rings. The van der Waals surface area contributed by atoms with Crippen LogP contribution in [0.5, 0.6) is 0 Å². The highest BCUT2D eigenvalue weighted by Gasteiger charge is 2.25. The van der Waals surface area contributed by atoms with E-state index < -0.39 is 18.2 Å². The summed E-state index contributed by atoms with van der Waals surface area (Å²) >= 11 is 0. The first-order chi connectivity index (χ1) is 21.6. The van der Waals surface area contributed by atoms with Gasteiger partial charge in [-0.2, -0.15) is 0 Å². The Kier molecular flexibility index (Phi) is 34.5. The number of hydrogen-bond donors (Lipinski definition) is 4. The van der Waals surface area contributed by atoms with Crippen molar-refractivity contribution in [3.05, 3.63) is 12.2 Å². The zero-order valence-electron chi connectivity index (χ0n) is 29.6. The van der Waals surface area contributed by atoms with Gasteiger partial charge < -0.3 is 20.6 Å². The molecule has 0 amide bonds. The van der Waals surface area contributed by atoms with Gasteiger partial charge in [0.2, 0.25) is 0 Å². The van der Waals surface area contributed by atoms with Crippen molar-refractivity contribution in [3.63, 3.8) is 0 Å². The summed E-state index contributed by atoms with van der Waals surface area (Å²) in [5.74, 6) is 0.149. The minimum atomic E-state index is -0.963. The molecule has 4 N–H and O–H groups in total. The third-order valence-corrected chi connectivity index (χ3v) is 9.13. The number of allylic oxidation sites excluding steroid dienone is 2. The standard InChI is InChI=1S/C39H77NO4/c1-3-5-7-9-11-13-15-16-17-18-19-20-22-23-25-27-29-31-36(42)35-40-37(33-34-41)39(44)38(43)32-30-28-26-24-21-14-12-10-8-6-4-2/h11,13,37-41,43-44H,3-10,12,14-35H2,1-2H3/b13-11-. The Balaban J connectivity index is 3.74. The second kappa shape index (κ2) is 35.1. The Morgan fingerprint density at radius 3 is 1.48 bits per heavy atom. The molecule has 0 bridgehead atoms. The smallest absolute Gasteiger partial charge is 0.146 e. The molecule has 5 nitrogen and oxygen atoms in total. The van der Waals surface area contributed by atoms with E-state index in [1.807, 2.05) is 0 Å². The van der Waals surface area contributed by atoms with Gasteiger partial charge in [0, 0.05) is 19.1 Å². The normalized spacial score (nSPS) is 13.9. The lowest BCUT2D eigenvalue weighted by atomic mass is 9.97. The van der Waals surface area contributed by atoms with E-state index in [4.69, 9.17) is 0 Å². The summed E-state index contributed by atoms with van der Waals surface area (Å²) in [5.41, 5.74) is 0. The SMILES string of the molecule is CCCCC/C=C\CCCCCCCCCCCCC(=O)CNC(CCO)C(O)C(O)CCCCCCCCCCCCC. The fourth-order valence-electron chi connectivity index (χ4n) is 6.07. The van der Waals surface area contributed by atoms with Crippen LogP contribution in [0.1, 0.15) is 200 Å². The number of carbonyl (C=O) groups is 1. The largest absolute Gasteiger partial charge is 0.396 e. The number of carbonyl (C=O) groups excluding carboxylic acids is 1. The first-order valence-electron chi connectivity index (χ1n) is 19.4. The van der Waals surface area contributed by atoms with Crippen LogP contribution in [0.3, 0.4) is 0 Å². The van der Waals surface area contributed by atoms with Crippen molar-refractivity contribution >= 4 is 5.78 Å². The molecule has 3 unspecified atom stereocenters. The Morgan fingerprint density at radius 2 is 0.977 bits per heavy atom. The number of aliphatic hydroxyl groups excluding tert-OH is 3. The monoisotopic (exact) mass is 624 g/mol. The van der Waals surface area contributed by atoms with E-state index in [1.165, 1.54) is 141 Å².